The first kappa shape index (κ1) is 20.2. The minimum atomic E-state index is -0.0685. The summed E-state index contributed by atoms with van der Waals surface area (Å²) in [5.41, 5.74) is 0. The van der Waals surface area contributed by atoms with Crippen LogP contribution < -0.4 is 10.6 Å². The molecule has 0 saturated carbocycles. The smallest absolute Gasteiger partial charge is 0.237 e. The Kier molecular flexibility index (Phi) is 7.72. The molecule has 140 valence electrons. The van der Waals surface area contributed by atoms with Gasteiger partial charge in [0.05, 0.1) is 12.0 Å². The molecule has 3 heterocycles. The predicted octanol–water partition coefficient (Wildman–Crippen LogP) is 2.38. The number of amides is 2. The van der Waals surface area contributed by atoms with E-state index in [4.69, 9.17) is 0 Å². The SMILES string of the molecule is CC(C(=O)N1CCCC(CNC(=O)C2CCCN2)C1)c1cccs1.Cl. The van der Waals surface area contributed by atoms with Gasteiger partial charge in [-0.1, -0.05) is 6.07 Å². The van der Waals surface area contributed by atoms with Crippen molar-refractivity contribution in [2.24, 2.45) is 5.92 Å². The molecular weight excluding hydrogens is 358 g/mol. The van der Waals surface area contributed by atoms with Gasteiger partial charge in [-0.2, -0.15) is 0 Å². The summed E-state index contributed by atoms with van der Waals surface area (Å²) in [5, 5.41) is 8.32. The number of hydrogen-bond donors (Lipinski definition) is 2. The largest absolute Gasteiger partial charge is 0.354 e. The Morgan fingerprint density at radius 1 is 1.40 bits per heavy atom. The predicted molar refractivity (Wildman–Crippen MR) is 103 cm³/mol. The van der Waals surface area contributed by atoms with E-state index in [2.05, 4.69) is 10.6 Å². The van der Waals surface area contributed by atoms with E-state index in [9.17, 15) is 9.59 Å². The van der Waals surface area contributed by atoms with Crippen molar-refractivity contribution in [3.05, 3.63) is 22.4 Å². The van der Waals surface area contributed by atoms with Gasteiger partial charge in [0, 0.05) is 24.5 Å². The van der Waals surface area contributed by atoms with Crippen LogP contribution in [0.25, 0.3) is 0 Å². The maximum Gasteiger partial charge on any atom is 0.237 e. The van der Waals surface area contributed by atoms with Gasteiger partial charge in [0.25, 0.3) is 0 Å². The van der Waals surface area contributed by atoms with E-state index in [1.165, 1.54) is 0 Å². The number of nitrogens with one attached hydrogen (secondary N) is 2. The van der Waals surface area contributed by atoms with Gasteiger partial charge in [-0.25, -0.2) is 0 Å². The molecule has 0 aromatic carbocycles. The molecule has 2 N–H and O–H groups in total. The van der Waals surface area contributed by atoms with Crippen molar-refractivity contribution in [3.8, 4) is 0 Å². The van der Waals surface area contributed by atoms with Crippen LogP contribution in [0, 0.1) is 5.92 Å². The Bertz CT molecular complexity index is 561. The van der Waals surface area contributed by atoms with E-state index >= 15 is 0 Å². The number of carbonyl (C=O) groups excluding carboxylic acids is 2. The van der Waals surface area contributed by atoms with Crippen molar-refractivity contribution in [1.82, 2.24) is 15.5 Å². The quantitative estimate of drug-likeness (QED) is 0.818. The Morgan fingerprint density at radius 2 is 2.24 bits per heavy atom. The van der Waals surface area contributed by atoms with Crippen LogP contribution in [0.1, 0.15) is 43.4 Å². The van der Waals surface area contributed by atoms with Crippen LogP contribution in [-0.4, -0.2) is 48.9 Å². The molecule has 1 aromatic heterocycles. The van der Waals surface area contributed by atoms with E-state index in [0.29, 0.717) is 12.5 Å². The van der Waals surface area contributed by atoms with Crippen LogP contribution >= 0.6 is 23.7 Å². The third-order valence-electron chi connectivity index (χ3n) is 5.11. The van der Waals surface area contributed by atoms with Gasteiger partial charge < -0.3 is 15.5 Å². The van der Waals surface area contributed by atoms with E-state index in [0.717, 1.165) is 50.2 Å². The number of halogens is 1. The van der Waals surface area contributed by atoms with Crippen molar-refractivity contribution in [3.63, 3.8) is 0 Å². The molecule has 25 heavy (non-hydrogen) atoms. The Labute approximate surface area is 160 Å². The second-order valence-electron chi connectivity index (χ2n) is 6.92. The Balaban J connectivity index is 0.00000225. The first-order valence-corrected chi connectivity index (χ1v) is 9.86. The lowest BCUT2D eigenvalue weighted by atomic mass is 9.96. The van der Waals surface area contributed by atoms with Gasteiger partial charge in [0.1, 0.15) is 0 Å². The van der Waals surface area contributed by atoms with Crippen LogP contribution in [-0.2, 0) is 9.59 Å². The van der Waals surface area contributed by atoms with Crippen LogP contribution in [0.2, 0.25) is 0 Å². The summed E-state index contributed by atoms with van der Waals surface area (Å²) < 4.78 is 0. The number of piperidine rings is 1. The summed E-state index contributed by atoms with van der Waals surface area (Å²) in [6.45, 7) is 5.19. The highest BCUT2D eigenvalue weighted by atomic mass is 35.5. The van der Waals surface area contributed by atoms with Crippen LogP contribution in [0.4, 0.5) is 0 Å². The maximum atomic E-state index is 12.7. The van der Waals surface area contributed by atoms with Crippen LogP contribution in [0.15, 0.2) is 17.5 Å². The number of hydrogen-bond acceptors (Lipinski definition) is 4. The van der Waals surface area contributed by atoms with E-state index in [1.807, 2.05) is 29.3 Å². The van der Waals surface area contributed by atoms with Crippen molar-refractivity contribution < 1.29 is 9.59 Å². The lowest BCUT2D eigenvalue weighted by molar-refractivity contribution is -0.134. The standard InChI is InChI=1S/C18H27N3O2S.ClH/c1-13(16-7-4-10-24-16)18(23)21-9-3-5-14(12-21)11-20-17(22)15-6-2-8-19-15;/h4,7,10,13-15,19H,2-3,5-6,8-9,11-12H2,1H3,(H,20,22);1H. The zero-order chi connectivity index (χ0) is 16.9. The number of rotatable bonds is 5. The Hall–Kier alpha value is -1.11. The first-order valence-electron chi connectivity index (χ1n) is 8.98. The highest BCUT2D eigenvalue weighted by Crippen LogP contribution is 2.25. The zero-order valence-corrected chi connectivity index (χ0v) is 16.3. The summed E-state index contributed by atoms with van der Waals surface area (Å²) >= 11 is 1.64. The second-order valence-corrected chi connectivity index (χ2v) is 7.90. The summed E-state index contributed by atoms with van der Waals surface area (Å²) in [5.74, 6) is 0.624. The van der Waals surface area contributed by atoms with Crippen LogP contribution in [0.5, 0.6) is 0 Å². The molecule has 2 aliphatic heterocycles. The number of thiophene rings is 1. The highest BCUT2D eigenvalue weighted by molar-refractivity contribution is 7.10. The van der Waals surface area contributed by atoms with E-state index < -0.39 is 0 Å². The van der Waals surface area contributed by atoms with Gasteiger partial charge in [0.2, 0.25) is 11.8 Å². The molecule has 0 radical (unpaired) electrons. The van der Waals surface area contributed by atoms with Crippen molar-refractivity contribution in [2.45, 2.75) is 44.6 Å². The third kappa shape index (κ3) is 5.19. The molecule has 2 amide bonds. The summed E-state index contributed by atoms with van der Waals surface area (Å²) in [6, 6.07) is 4.00. The van der Waals surface area contributed by atoms with Gasteiger partial charge in [0.15, 0.2) is 0 Å². The lowest BCUT2D eigenvalue weighted by Crippen LogP contribution is -2.47. The first-order chi connectivity index (χ1) is 11.6. The van der Waals surface area contributed by atoms with Gasteiger partial charge in [-0.3, -0.25) is 9.59 Å². The lowest BCUT2D eigenvalue weighted by Gasteiger charge is -2.34. The molecule has 2 fully saturated rings. The minimum Gasteiger partial charge on any atom is -0.354 e. The summed E-state index contributed by atoms with van der Waals surface area (Å²) in [6.07, 6.45) is 4.10. The topological polar surface area (TPSA) is 61.4 Å². The summed E-state index contributed by atoms with van der Waals surface area (Å²) in [4.78, 5) is 28.0. The van der Waals surface area contributed by atoms with Gasteiger partial charge in [-0.15, -0.1) is 23.7 Å². The highest BCUT2D eigenvalue weighted by Gasteiger charge is 2.29. The zero-order valence-electron chi connectivity index (χ0n) is 14.7. The molecule has 0 spiro atoms. The molecule has 2 saturated heterocycles. The molecule has 3 atom stereocenters. The monoisotopic (exact) mass is 385 g/mol. The number of carbonyl (C=O) groups is 2. The average molecular weight is 386 g/mol. The molecule has 3 unspecified atom stereocenters. The molecule has 0 aliphatic carbocycles. The van der Waals surface area contributed by atoms with Crippen molar-refractivity contribution >= 4 is 35.6 Å². The fourth-order valence-electron chi connectivity index (χ4n) is 3.64. The Morgan fingerprint density at radius 3 is 2.92 bits per heavy atom. The second kappa shape index (κ2) is 9.55. The average Bonchev–Trinajstić information content (AvgIpc) is 3.32. The fraction of sp³-hybridized carbons (Fsp3) is 0.667. The van der Waals surface area contributed by atoms with Gasteiger partial charge in [-0.05, 0) is 56.5 Å². The fourth-order valence-corrected chi connectivity index (χ4v) is 4.42. The minimum absolute atomic E-state index is 0. The van der Waals surface area contributed by atoms with Crippen molar-refractivity contribution in [1.29, 1.82) is 0 Å². The third-order valence-corrected chi connectivity index (χ3v) is 6.17. The van der Waals surface area contributed by atoms with E-state index in [1.54, 1.807) is 11.3 Å². The molecule has 2 aliphatic rings. The number of nitrogens with zero attached hydrogens (tertiary/aromatic N) is 1. The molecule has 5 nitrogen and oxygen atoms in total. The normalized spacial score (nSPS) is 24.4. The molecular formula is C18H28ClN3O2S. The molecule has 3 rings (SSSR count). The van der Waals surface area contributed by atoms with E-state index in [-0.39, 0.29) is 36.2 Å². The van der Waals surface area contributed by atoms with Crippen LogP contribution in [0.3, 0.4) is 0 Å². The molecule has 7 heteroatoms. The molecule has 1 aromatic rings. The van der Waals surface area contributed by atoms with Crippen molar-refractivity contribution in [2.75, 3.05) is 26.2 Å². The maximum absolute atomic E-state index is 12.7. The number of likely N-dealkylation sites (tertiary alicyclic amines) is 1. The molecule has 0 bridgehead atoms. The summed E-state index contributed by atoms with van der Waals surface area (Å²) in [7, 11) is 0. The van der Waals surface area contributed by atoms with Gasteiger partial charge >= 0.3 is 0 Å².